The molecule has 1 aliphatic carbocycles. The summed E-state index contributed by atoms with van der Waals surface area (Å²) < 4.78 is 2.14. The third-order valence-corrected chi connectivity index (χ3v) is 6.65. The summed E-state index contributed by atoms with van der Waals surface area (Å²) in [5, 5.41) is 9.51. The highest BCUT2D eigenvalue weighted by Gasteiger charge is 2.29. The molecule has 0 spiro atoms. The molecule has 1 fully saturated rings. The Morgan fingerprint density at radius 2 is 1.89 bits per heavy atom. The van der Waals surface area contributed by atoms with Gasteiger partial charge in [0, 0.05) is 25.6 Å². The molecule has 0 bridgehead atoms. The Kier molecular flexibility index (Phi) is 7.54. The molecule has 1 aromatic heterocycles. The molecule has 3 rings (SSSR count). The molecule has 1 amide bonds. The first-order valence-electron chi connectivity index (χ1n) is 10.6. The number of aromatic nitrogens is 3. The van der Waals surface area contributed by atoms with E-state index in [1.54, 1.807) is 11.8 Å². The Morgan fingerprint density at radius 3 is 2.54 bits per heavy atom. The summed E-state index contributed by atoms with van der Waals surface area (Å²) in [5.41, 5.74) is 1.22. The lowest BCUT2D eigenvalue weighted by molar-refractivity contribution is -0.133. The maximum atomic E-state index is 13.1. The van der Waals surface area contributed by atoms with Crippen molar-refractivity contribution in [2.45, 2.75) is 82.3 Å². The van der Waals surface area contributed by atoms with Crippen molar-refractivity contribution in [2.75, 3.05) is 6.54 Å². The lowest BCUT2D eigenvalue weighted by atomic mass is 9.94. The van der Waals surface area contributed by atoms with Crippen molar-refractivity contribution in [1.29, 1.82) is 0 Å². The molecule has 1 atom stereocenters. The van der Waals surface area contributed by atoms with Gasteiger partial charge < -0.3 is 9.47 Å². The minimum absolute atomic E-state index is 0.152. The normalized spacial score (nSPS) is 16.1. The summed E-state index contributed by atoms with van der Waals surface area (Å²) in [6, 6.07) is 10.7. The van der Waals surface area contributed by atoms with Gasteiger partial charge in [0.2, 0.25) is 5.91 Å². The van der Waals surface area contributed by atoms with Crippen molar-refractivity contribution in [3.05, 3.63) is 41.7 Å². The first-order chi connectivity index (χ1) is 13.6. The average Bonchev–Trinajstić information content (AvgIpc) is 3.11. The summed E-state index contributed by atoms with van der Waals surface area (Å²) in [5.74, 6) is 1.19. The van der Waals surface area contributed by atoms with Gasteiger partial charge in [-0.15, -0.1) is 10.2 Å². The maximum absolute atomic E-state index is 13.1. The van der Waals surface area contributed by atoms with Crippen LogP contribution in [0.3, 0.4) is 0 Å². The molecule has 0 N–H and O–H groups in total. The van der Waals surface area contributed by atoms with Crippen molar-refractivity contribution in [3.8, 4) is 0 Å². The van der Waals surface area contributed by atoms with Gasteiger partial charge >= 0.3 is 0 Å². The van der Waals surface area contributed by atoms with Crippen LogP contribution < -0.4 is 0 Å². The van der Waals surface area contributed by atoms with Crippen LogP contribution in [0.5, 0.6) is 0 Å². The Labute approximate surface area is 172 Å². The van der Waals surface area contributed by atoms with E-state index < -0.39 is 0 Å². The van der Waals surface area contributed by atoms with Crippen molar-refractivity contribution in [2.24, 2.45) is 0 Å². The summed E-state index contributed by atoms with van der Waals surface area (Å²) in [4.78, 5) is 15.2. The lowest BCUT2D eigenvalue weighted by Crippen LogP contribution is -2.44. The molecule has 0 radical (unpaired) electrons. The van der Waals surface area contributed by atoms with E-state index in [1.807, 2.05) is 25.1 Å². The second-order valence-corrected chi connectivity index (χ2v) is 8.79. The number of amides is 1. The number of carbonyl (C=O) groups is 1. The highest BCUT2D eigenvalue weighted by molar-refractivity contribution is 8.00. The lowest BCUT2D eigenvalue weighted by Gasteiger charge is -2.35. The maximum Gasteiger partial charge on any atom is 0.236 e. The van der Waals surface area contributed by atoms with Gasteiger partial charge in [-0.25, -0.2) is 0 Å². The van der Waals surface area contributed by atoms with E-state index in [0.717, 1.165) is 43.3 Å². The molecule has 6 heteroatoms. The summed E-state index contributed by atoms with van der Waals surface area (Å²) in [6.07, 6.45) is 6.82. The second-order valence-electron chi connectivity index (χ2n) is 7.48. The summed E-state index contributed by atoms with van der Waals surface area (Å²) in [7, 11) is 0. The molecule has 2 aromatic rings. The number of carbonyl (C=O) groups excluding carboxylic acids is 1. The fraction of sp³-hybridized carbons (Fsp3) is 0.591. The third kappa shape index (κ3) is 4.96. The number of hydrogen-bond donors (Lipinski definition) is 0. The van der Waals surface area contributed by atoms with Crippen LogP contribution in [0.2, 0.25) is 0 Å². The van der Waals surface area contributed by atoms with Crippen LogP contribution in [0, 0.1) is 0 Å². The number of thioether (sulfide) groups is 1. The average molecular weight is 401 g/mol. The van der Waals surface area contributed by atoms with E-state index in [0.29, 0.717) is 6.04 Å². The van der Waals surface area contributed by atoms with Crippen LogP contribution in [-0.4, -0.2) is 43.4 Å². The molecule has 1 unspecified atom stereocenters. The molecule has 1 saturated carbocycles. The molecule has 152 valence electrons. The first kappa shape index (κ1) is 20.9. The molecule has 1 aliphatic rings. The van der Waals surface area contributed by atoms with E-state index in [-0.39, 0.29) is 11.2 Å². The smallest absolute Gasteiger partial charge is 0.236 e. The monoisotopic (exact) mass is 400 g/mol. The summed E-state index contributed by atoms with van der Waals surface area (Å²) >= 11 is 1.54. The van der Waals surface area contributed by atoms with E-state index in [4.69, 9.17) is 0 Å². The minimum atomic E-state index is -0.152. The highest BCUT2D eigenvalue weighted by Crippen LogP contribution is 2.28. The molecule has 0 aliphatic heterocycles. The van der Waals surface area contributed by atoms with Crippen molar-refractivity contribution in [1.82, 2.24) is 19.7 Å². The van der Waals surface area contributed by atoms with E-state index in [9.17, 15) is 4.79 Å². The predicted molar refractivity (Wildman–Crippen MR) is 115 cm³/mol. The SMILES string of the molecule is CCN(C(=O)C(C)Sc1nnc(Cc2ccccc2)n1CC)C1CCCCC1. The third-order valence-electron chi connectivity index (χ3n) is 5.58. The molecular weight excluding hydrogens is 368 g/mol. The van der Waals surface area contributed by atoms with E-state index in [2.05, 4.69) is 45.6 Å². The van der Waals surface area contributed by atoms with Crippen molar-refractivity contribution >= 4 is 17.7 Å². The van der Waals surface area contributed by atoms with Gasteiger partial charge in [-0.1, -0.05) is 61.4 Å². The second kappa shape index (κ2) is 10.1. The number of rotatable bonds is 8. The van der Waals surface area contributed by atoms with E-state index in [1.165, 1.54) is 24.8 Å². The summed E-state index contributed by atoms with van der Waals surface area (Å²) in [6.45, 7) is 7.79. The van der Waals surface area contributed by atoms with Gasteiger partial charge in [0.15, 0.2) is 5.16 Å². The Bertz CT molecular complexity index is 755. The number of hydrogen-bond acceptors (Lipinski definition) is 4. The van der Waals surface area contributed by atoms with Crippen molar-refractivity contribution < 1.29 is 4.79 Å². The molecule has 28 heavy (non-hydrogen) atoms. The van der Waals surface area contributed by atoms with Gasteiger partial charge in [0.1, 0.15) is 5.82 Å². The van der Waals surface area contributed by atoms with Crippen LogP contribution in [-0.2, 0) is 17.8 Å². The molecule has 5 nitrogen and oxygen atoms in total. The van der Waals surface area contributed by atoms with Crippen molar-refractivity contribution in [3.63, 3.8) is 0 Å². The van der Waals surface area contributed by atoms with Crippen LogP contribution in [0.15, 0.2) is 35.5 Å². The van der Waals surface area contributed by atoms with E-state index >= 15 is 0 Å². The number of benzene rings is 1. The van der Waals surface area contributed by atoms with Gasteiger partial charge in [-0.3, -0.25) is 4.79 Å². The largest absolute Gasteiger partial charge is 0.339 e. The zero-order valence-electron chi connectivity index (χ0n) is 17.3. The molecule has 0 saturated heterocycles. The Balaban J connectivity index is 1.69. The van der Waals surface area contributed by atoms with Crippen LogP contribution in [0.25, 0.3) is 0 Å². The topological polar surface area (TPSA) is 51.0 Å². The predicted octanol–water partition coefficient (Wildman–Crippen LogP) is 4.55. The zero-order chi connectivity index (χ0) is 19.9. The minimum Gasteiger partial charge on any atom is -0.339 e. The fourth-order valence-corrected chi connectivity index (χ4v) is 5.06. The Hall–Kier alpha value is -1.82. The first-order valence-corrected chi connectivity index (χ1v) is 11.4. The standard InChI is InChI=1S/C22H32N4OS/c1-4-25(19-14-10-7-11-15-19)21(27)17(3)28-22-24-23-20(26(22)5-2)16-18-12-8-6-9-13-18/h6,8-9,12-13,17,19H,4-5,7,10-11,14-16H2,1-3H3. The van der Waals surface area contributed by atoms with Gasteiger partial charge in [-0.05, 0) is 39.2 Å². The quantitative estimate of drug-likeness (QED) is 0.610. The number of nitrogens with zero attached hydrogens (tertiary/aromatic N) is 4. The van der Waals surface area contributed by atoms with Crippen LogP contribution in [0.1, 0.15) is 64.3 Å². The van der Waals surface area contributed by atoms with Crippen LogP contribution in [0.4, 0.5) is 0 Å². The van der Waals surface area contributed by atoms with Gasteiger partial charge in [0.25, 0.3) is 0 Å². The molecular formula is C22H32N4OS. The Morgan fingerprint density at radius 1 is 1.18 bits per heavy atom. The zero-order valence-corrected chi connectivity index (χ0v) is 18.1. The van der Waals surface area contributed by atoms with Gasteiger partial charge in [0.05, 0.1) is 5.25 Å². The molecule has 1 heterocycles. The van der Waals surface area contributed by atoms with Gasteiger partial charge in [-0.2, -0.15) is 0 Å². The van der Waals surface area contributed by atoms with Crippen LogP contribution >= 0.6 is 11.8 Å². The fourth-order valence-electron chi connectivity index (χ4n) is 4.06. The highest BCUT2D eigenvalue weighted by atomic mass is 32.2. The molecule has 1 aromatic carbocycles.